The van der Waals surface area contributed by atoms with Crippen molar-refractivity contribution in [3.8, 4) is 5.75 Å². The zero-order valence-corrected chi connectivity index (χ0v) is 11.0. The molecule has 1 rings (SSSR count). The molecule has 0 aliphatic carbocycles. The van der Waals surface area contributed by atoms with Gasteiger partial charge in [-0.2, -0.15) is 13.2 Å². The smallest absolute Gasteiger partial charge is 0.405 e. The molecule has 0 saturated carbocycles. The summed E-state index contributed by atoms with van der Waals surface area (Å²) < 4.78 is 40.9. The number of amides is 1. The molecule has 1 aromatic carbocycles. The molecule has 1 amide bonds. The molecule has 0 fully saturated rings. The van der Waals surface area contributed by atoms with Gasteiger partial charge in [0.05, 0.1) is 4.47 Å². The molecule has 104 valence electrons. The number of benzene rings is 1. The van der Waals surface area contributed by atoms with Gasteiger partial charge in [-0.15, -0.1) is 0 Å². The average Bonchev–Trinajstić information content (AvgIpc) is 2.34. The molecule has 0 atom stereocenters. The molecule has 8 heteroatoms. The Labute approximate surface area is 115 Å². The number of rotatable bonds is 5. The maximum Gasteiger partial charge on any atom is 0.405 e. The number of halogens is 4. The van der Waals surface area contributed by atoms with Crippen LogP contribution in [0.5, 0.6) is 5.75 Å². The number of nitrogens with one attached hydrogen (secondary N) is 1. The molecule has 1 N–H and O–H groups in total. The van der Waals surface area contributed by atoms with E-state index < -0.39 is 25.2 Å². The number of carbonyl (C=O) groups excluding carboxylic acids is 2. The van der Waals surface area contributed by atoms with Crippen molar-refractivity contribution in [2.75, 3.05) is 13.2 Å². The van der Waals surface area contributed by atoms with E-state index in [4.69, 9.17) is 4.74 Å². The Balaban J connectivity index is 2.48. The van der Waals surface area contributed by atoms with Crippen LogP contribution in [0.25, 0.3) is 0 Å². The lowest BCUT2D eigenvalue weighted by Gasteiger charge is -2.10. The van der Waals surface area contributed by atoms with Crippen molar-refractivity contribution in [2.45, 2.75) is 6.18 Å². The highest BCUT2D eigenvalue weighted by Crippen LogP contribution is 2.25. The van der Waals surface area contributed by atoms with Crippen LogP contribution in [-0.2, 0) is 4.79 Å². The number of hydrogen-bond donors (Lipinski definition) is 1. The lowest BCUT2D eigenvalue weighted by molar-refractivity contribution is -0.139. The topological polar surface area (TPSA) is 55.4 Å². The van der Waals surface area contributed by atoms with E-state index in [1.54, 1.807) is 5.32 Å². The minimum atomic E-state index is -4.46. The Morgan fingerprint density at radius 3 is 2.63 bits per heavy atom. The summed E-state index contributed by atoms with van der Waals surface area (Å²) in [4.78, 5) is 21.6. The highest BCUT2D eigenvalue weighted by atomic mass is 79.9. The molecule has 19 heavy (non-hydrogen) atoms. The van der Waals surface area contributed by atoms with E-state index in [0.717, 1.165) is 0 Å². The standard InChI is InChI=1S/C11H9BrF3NO3/c12-8-3-7(4-17)1-2-9(8)19-5-10(18)16-6-11(13,14)15/h1-4H,5-6H2,(H,16,18). The fourth-order valence-electron chi connectivity index (χ4n) is 1.10. The summed E-state index contributed by atoms with van der Waals surface area (Å²) in [5, 5.41) is 1.67. The molecule has 4 nitrogen and oxygen atoms in total. The molecular weight excluding hydrogens is 331 g/mol. The zero-order valence-electron chi connectivity index (χ0n) is 9.46. The van der Waals surface area contributed by atoms with Crippen molar-refractivity contribution in [3.63, 3.8) is 0 Å². The van der Waals surface area contributed by atoms with Crippen molar-refractivity contribution < 1.29 is 27.5 Å². The van der Waals surface area contributed by atoms with E-state index in [1.165, 1.54) is 18.2 Å². The summed E-state index contributed by atoms with van der Waals surface area (Å²) in [6, 6.07) is 4.36. The van der Waals surface area contributed by atoms with Gasteiger partial charge in [-0.05, 0) is 34.1 Å². The van der Waals surface area contributed by atoms with Gasteiger partial charge in [0.25, 0.3) is 5.91 Å². The van der Waals surface area contributed by atoms with Gasteiger partial charge in [-0.1, -0.05) is 0 Å². The van der Waals surface area contributed by atoms with E-state index >= 15 is 0 Å². The van der Waals surface area contributed by atoms with Crippen molar-refractivity contribution in [2.24, 2.45) is 0 Å². The van der Waals surface area contributed by atoms with E-state index in [0.29, 0.717) is 16.3 Å². The molecular formula is C11H9BrF3NO3. The minimum Gasteiger partial charge on any atom is -0.483 e. The number of carbonyl (C=O) groups is 2. The van der Waals surface area contributed by atoms with Gasteiger partial charge in [0, 0.05) is 5.56 Å². The molecule has 0 unspecified atom stereocenters. The van der Waals surface area contributed by atoms with Gasteiger partial charge in [0.1, 0.15) is 18.6 Å². The third kappa shape index (κ3) is 5.73. The van der Waals surface area contributed by atoms with Crippen LogP contribution in [0.1, 0.15) is 10.4 Å². The first-order chi connectivity index (χ1) is 8.81. The molecule has 0 heterocycles. The molecule has 0 aromatic heterocycles. The van der Waals surface area contributed by atoms with Crippen molar-refractivity contribution in [3.05, 3.63) is 28.2 Å². The van der Waals surface area contributed by atoms with Crippen LogP contribution < -0.4 is 10.1 Å². The SMILES string of the molecule is O=Cc1ccc(OCC(=O)NCC(F)(F)F)c(Br)c1. The van der Waals surface area contributed by atoms with E-state index in [-0.39, 0.29) is 5.75 Å². The Bertz CT molecular complexity index is 477. The fraction of sp³-hybridized carbons (Fsp3) is 0.273. The molecule has 0 aliphatic rings. The predicted molar refractivity (Wildman–Crippen MR) is 64.1 cm³/mol. The third-order valence-electron chi connectivity index (χ3n) is 1.94. The molecule has 0 aliphatic heterocycles. The minimum absolute atomic E-state index is 0.257. The number of hydrogen-bond acceptors (Lipinski definition) is 3. The van der Waals surface area contributed by atoms with Gasteiger partial charge in [-0.3, -0.25) is 9.59 Å². The normalized spacial score (nSPS) is 10.9. The first-order valence-electron chi connectivity index (χ1n) is 5.03. The van der Waals surface area contributed by atoms with Crippen LogP contribution >= 0.6 is 15.9 Å². The maximum atomic E-state index is 11.8. The quantitative estimate of drug-likeness (QED) is 0.837. The molecule has 1 aromatic rings. The summed E-state index contributed by atoms with van der Waals surface area (Å²) in [6.45, 7) is -1.95. The Kier molecular flexibility index (Phi) is 5.34. The molecule has 0 radical (unpaired) electrons. The Morgan fingerprint density at radius 2 is 2.11 bits per heavy atom. The van der Waals surface area contributed by atoms with Gasteiger partial charge in [0.2, 0.25) is 0 Å². The van der Waals surface area contributed by atoms with Gasteiger partial charge in [0.15, 0.2) is 6.61 Å². The summed E-state index contributed by atoms with van der Waals surface area (Å²) in [5.74, 6) is -0.628. The molecule has 0 saturated heterocycles. The van der Waals surface area contributed by atoms with Crippen LogP contribution in [0.15, 0.2) is 22.7 Å². The lowest BCUT2D eigenvalue weighted by atomic mass is 10.2. The van der Waals surface area contributed by atoms with Crippen LogP contribution in [0.3, 0.4) is 0 Å². The first-order valence-corrected chi connectivity index (χ1v) is 5.82. The van der Waals surface area contributed by atoms with Crippen molar-refractivity contribution >= 4 is 28.1 Å². The maximum absolute atomic E-state index is 11.8. The summed E-state index contributed by atoms with van der Waals surface area (Å²) in [7, 11) is 0. The van der Waals surface area contributed by atoms with E-state index in [1.807, 2.05) is 0 Å². The highest BCUT2D eigenvalue weighted by molar-refractivity contribution is 9.10. The van der Waals surface area contributed by atoms with Crippen LogP contribution in [0.2, 0.25) is 0 Å². The van der Waals surface area contributed by atoms with Gasteiger partial charge >= 0.3 is 6.18 Å². The van der Waals surface area contributed by atoms with E-state index in [9.17, 15) is 22.8 Å². The monoisotopic (exact) mass is 339 g/mol. The van der Waals surface area contributed by atoms with Crippen molar-refractivity contribution in [1.82, 2.24) is 5.32 Å². The average molecular weight is 340 g/mol. The summed E-state index contributed by atoms with van der Waals surface area (Å²) in [5.41, 5.74) is 0.403. The Hall–Kier alpha value is -1.57. The van der Waals surface area contributed by atoms with Gasteiger partial charge in [-0.25, -0.2) is 0 Å². The lowest BCUT2D eigenvalue weighted by Crippen LogP contribution is -2.36. The number of ether oxygens (including phenoxy) is 1. The summed E-state index contributed by atoms with van der Waals surface area (Å²) >= 11 is 3.11. The van der Waals surface area contributed by atoms with Crippen LogP contribution in [0, 0.1) is 0 Å². The number of alkyl halides is 3. The third-order valence-corrected chi connectivity index (χ3v) is 2.56. The first kappa shape index (κ1) is 15.5. The molecule has 0 bridgehead atoms. The van der Waals surface area contributed by atoms with Crippen LogP contribution in [0.4, 0.5) is 13.2 Å². The predicted octanol–water partition coefficient (Wildman–Crippen LogP) is 2.32. The largest absolute Gasteiger partial charge is 0.483 e. The second kappa shape index (κ2) is 6.55. The highest BCUT2D eigenvalue weighted by Gasteiger charge is 2.27. The zero-order chi connectivity index (χ0) is 14.5. The Morgan fingerprint density at radius 1 is 1.42 bits per heavy atom. The molecule has 0 spiro atoms. The second-order valence-electron chi connectivity index (χ2n) is 3.49. The second-order valence-corrected chi connectivity index (χ2v) is 4.34. The summed E-state index contributed by atoms with van der Waals surface area (Å²) in [6.07, 6.45) is -3.83. The van der Waals surface area contributed by atoms with Crippen LogP contribution in [-0.4, -0.2) is 31.5 Å². The fourth-order valence-corrected chi connectivity index (χ4v) is 1.61. The van der Waals surface area contributed by atoms with E-state index in [2.05, 4.69) is 15.9 Å². The van der Waals surface area contributed by atoms with Gasteiger partial charge < -0.3 is 10.1 Å². The van der Waals surface area contributed by atoms with Crippen molar-refractivity contribution in [1.29, 1.82) is 0 Å². The number of aldehydes is 1.